The van der Waals surface area contributed by atoms with E-state index < -0.39 is 34.7 Å². The van der Waals surface area contributed by atoms with E-state index in [-0.39, 0.29) is 55.5 Å². The van der Waals surface area contributed by atoms with Gasteiger partial charge in [0.15, 0.2) is 23.1 Å². The molecular weight excluding hydrogens is 576 g/mol. The molecule has 2 aliphatic carbocycles. The molecule has 0 aliphatic heterocycles. The molecule has 0 aromatic heterocycles. The van der Waals surface area contributed by atoms with Gasteiger partial charge in [-0.25, -0.2) is 9.59 Å². The van der Waals surface area contributed by atoms with Crippen molar-refractivity contribution >= 4 is 35.3 Å². The molecule has 0 bridgehead atoms. The van der Waals surface area contributed by atoms with E-state index in [4.69, 9.17) is 9.47 Å². The van der Waals surface area contributed by atoms with Gasteiger partial charge in [0.05, 0.1) is 5.92 Å². The van der Waals surface area contributed by atoms with Gasteiger partial charge < -0.3 is 20.1 Å². The quantitative estimate of drug-likeness (QED) is 0.265. The van der Waals surface area contributed by atoms with Crippen LogP contribution in [0.1, 0.15) is 102 Å². The minimum absolute atomic E-state index is 0.165. The number of ether oxygens (including phenoxy) is 2. The number of allylic oxidation sites excluding steroid dienone is 1. The van der Waals surface area contributed by atoms with Crippen molar-refractivity contribution in [2.45, 2.75) is 72.0 Å². The average molecular weight is 619 g/mol. The lowest BCUT2D eigenvalue weighted by molar-refractivity contribution is 0.0503. The molecule has 240 valence electrons. The molecule has 0 atom stereocenters. The summed E-state index contributed by atoms with van der Waals surface area (Å²) in [7, 11) is 0. The van der Waals surface area contributed by atoms with Crippen LogP contribution in [0, 0.1) is 11.3 Å². The van der Waals surface area contributed by atoms with Gasteiger partial charge in [0.2, 0.25) is 0 Å². The molecule has 0 spiro atoms. The van der Waals surface area contributed by atoms with Gasteiger partial charge in [0.1, 0.15) is 16.6 Å². The number of hydrogen-bond donors (Lipinski definition) is 2. The molecule has 2 aliphatic rings. The highest BCUT2D eigenvalue weighted by atomic mass is 16.6. The Morgan fingerprint density at radius 2 is 1.13 bits per heavy atom. The standard InChI is InChI=1S/C19H23NO4.C16H19NO4/c1-5-10-19(11-12-20-17(23)24-18(2,3)4)15(21)13-8-6-7-9-14(13)16(19)22;1-16(2,3)21-15(20)17-9-8-12-13(18)10-6-4-5-7-11(10)14(12)19/h5-9H,1,10-12H2,2-4H3,(H,20,23);4-7,12H,8-9H2,1-3H3,(H,17,20). The van der Waals surface area contributed by atoms with Crippen molar-refractivity contribution in [3.63, 3.8) is 0 Å². The second-order valence-electron chi connectivity index (χ2n) is 13.0. The number of Topliss-reactive ketones (excluding diaryl/α,β-unsaturated/α-hetero) is 4. The molecule has 0 saturated heterocycles. The predicted molar refractivity (Wildman–Crippen MR) is 169 cm³/mol. The summed E-state index contributed by atoms with van der Waals surface area (Å²) in [5.74, 6) is -1.43. The summed E-state index contributed by atoms with van der Waals surface area (Å²) < 4.78 is 10.3. The summed E-state index contributed by atoms with van der Waals surface area (Å²) in [4.78, 5) is 73.2. The maximum Gasteiger partial charge on any atom is 0.407 e. The number of amides is 2. The van der Waals surface area contributed by atoms with Gasteiger partial charge in [-0.15, -0.1) is 6.58 Å². The molecule has 0 unspecified atom stereocenters. The van der Waals surface area contributed by atoms with Crippen LogP contribution < -0.4 is 10.6 Å². The fourth-order valence-corrected chi connectivity index (χ4v) is 5.25. The van der Waals surface area contributed by atoms with E-state index in [2.05, 4.69) is 17.2 Å². The first kappa shape index (κ1) is 34.9. The summed E-state index contributed by atoms with van der Waals surface area (Å²) in [5, 5.41) is 5.19. The molecule has 2 aromatic carbocycles. The van der Waals surface area contributed by atoms with Crippen molar-refractivity contribution in [3.8, 4) is 0 Å². The van der Waals surface area contributed by atoms with E-state index in [1.165, 1.54) is 0 Å². The highest BCUT2D eigenvalue weighted by molar-refractivity contribution is 6.29. The van der Waals surface area contributed by atoms with Gasteiger partial charge in [-0.3, -0.25) is 19.2 Å². The van der Waals surface area contributed by atoms with Gasteiger partial charge in [-0.05, 0) is 60.8 Å². The van der Waals surface area contributed by atoms with Crippen LogP contribution in [0.4, 0.5) is 9.59 Å². The molecule has 10 nitrogen and oxygen atoms in total. The largest absolute Gasteiger partial charge is 0.444 e. The Balaban J connectivity index is 0.000000248. The van der Waals surface area contributed by atoms with Crippen molar-refractivity contribution in [1.82, 2.24) is 10.6 Å². The molecule has 2 N–H and O–H groups in total. The van der Waals surface area contributed by atoms with E-state index in [0.29, 0.717) is 22.3 Å². The number of alkyl carbamates (subject to hydrolysis) is 2. The van der Waals surface area contributed by atoms with Crippen LogP contribution in [0.2, 0.25) is 0 Å². The number of rotatable bonds is 8. The zero-order chi connectivity index (χ0) is 33.6. The molecule has 0 saturated carbocycles. The molecule has 45 heavy (non-hydrogen) atoms. The van der Waals surface area contributed by atoms with E-state index in [9.17, 15) is 28.8 Å². The number of carbonyl (C=O) groups is 6. The molecule has 4 rings (SSSR count). The smallest absolute Gasteiger partial charge is 0.407 e. The Hall–Kier alpha value is -4.60. The fourth-order valence-electron chi connectivity index (χ4n) is 5.25. The Morgan fingerprint density at radius 3 is 1.53 bits per heavy atom. The van der Waals surface area contributed by atoms with Gasteiger partial charge in [-0.2, -0.15) is 0 Å². The van der Waals surface area contributed by atoms with E-state index in [0.717, 1.165) is 0 Å². The van der Waals surface area contributed by atoms with Crippen LogP contribution in [0.5, 0.6) is 0 Å². The van der Waals surface area contributed by atoms with Crippen molar-refractivity contribution in [2.24, 2.45) is 11.3 Å². The van der Waals surface area contributed by atoms with Gasteiger partial charge >= 0.3 is 12.2 Å². The zero-order valence-electron chi connectivity index (χ0n) is 26.8. The van der Waals surface area contributed by atoms with Crippen LogP contribution in [-0.4, -0.2) is 59.6 Å². The monoisotopic (exact) mass is 618 g/mol. The van der Waals surface area contributed by atoms with E-state index in [1.54, 1.807) is 96.1 Å². The first-order chi connectivity index (χ1) is 21.0. The number of hydrogen-bond acceptors (Lipinski definition) is 8. The van der Waals surface area contributed by atoms with Crippen molar-refractivity contribution in [1.29, 1.82) is 0 Å². The highest BCUT2D eigenvalue weighted by Crippen LogP contribution is 2.42. The number of ketones is 4. The Kier molecular flexibility index (Phi) is 10.9. The topological polar surface area (TPSA) is 145 Å². The lowest BCUT2D eigenvalue weighted by Crippen LogP contribution is -2.39. The Bertz CT molecular complexity index is 1430. The number of benzene rings is 2. The Morgan fingerprint density at radius 1 is 0.733 bits per heavy atom. The van der Waals surface area contributed by atoms with Crippen LogP contribution in [0.25, 0.3) is 0 Å². The van der Waals surface area contributed by atoms with Crippen LogP contribution >= 0.6 is 0 Å². The summed E-state index contributed by atoms with van der Waals surface area (Å²) >= 11 is 0. The minimum atomic E-state index is -1.18. The van der Waals surface area contributed by atoms with Crippen LogP contribution in [-0.2, 0) is 9.47 Å². The molecular formula is C35H42N2O8. The maximum absolute atomic E-state index is 12.8. The van der Waals surface area contributed by atoms with E-state index >= 15 is 0 Å². The van der Waals surface area contributed by atoms with Gasteiger partial charge in [0.25, 0.3) is 0 Å². The summed E-state index contributed by atoms with van der Waals surface area (Å²) in [6, 6.07) is 13.6. The van der Waals surface area contributed by atoms with Crippen molar-refractivity contribution in [2.75, 3.05) is 13.1 Å². The lowest BCUT2D eigenvalue weighted by Gasteiger charge is -2.25. The molecule has 2 amide bonds. The summed E-state index contributed by atoms with van der Waals surface area (Å²) in [6.45, 7) is 14.7. The molecule has 0 fully saturated rings. The second-order valence-corrected chi connectivity index (χ2v) is 13.0. The normalized spacial score (nSPS) is 15.4. The fraction of sp³-hybridized carbons (Fsp3) is 0.429. The zero-order valence-corrected chi connectivity index (χ0v) is 26.8. The second kappa shape index (κ2) is 14.0. The molecule has 10 heteroatoms. The third-order valence-electron chi connectivity index (χ3n) is 7.19. The first-order valence-corrected chi connectivity index (χ1v) is 14.9. The van der Waals surface area contributed by atoms with Crippen molar-refractivity contribution < 1.29 is 38.2 Å². The molecule has 2 aromatic rings. The predicted octanol–water partition coefficient (Wildman–Crippen LogP) is 6.14. The molecule has 0 heterocycles. The van der Waals surface area contributed by atoms with Crippen LogP contribution in [0.15, 0.2) is 61.2 Å². The maximum atomic E-state index is 12.8. The van der Waals surface area contributed by atoms with Crippen LogP contribution in [0.3, 0.4) is 0 Å². The first-order valence-electron chi connectivity index (χ1n) is 14.9. The van der Waals surface area contributed by atoms with Gasteiger partial charge in [-0.1, -0.05) is 54.6 Å². The number of fused-ring (bicyclic) bond motifs is 2. The van der Waals surface area contributed by atoms with Gasteiger partial charge in [0, 0.05) is 35.3 Å². The van der Waals surface area contributed by atoms with E-state index in [1.807, 2.05) is 0 Å². The van der Waals surface area contributed by atoms with Crippen molar-refractivity contribution in [3.05, 3.63) is 83.4 Å². The summed E-state index contributed by atoms with van der Waals surface area (Å²) in [5.41, 5.74) is -0.504. The third kappa shape index (κ3) is 8.53. The SMILES string of the molecule is C=CCC1(CCNC(=O)OC(C)(C)C)C(=O)c2ccccc2C1=O.CC(C)(C)OC(=O)NCCC1C(=O)c2ccccc2C1=O. The lowest BCUT2D eigenvalue weighted by atomic mass is 9.76. The number of nitrogens with one attached hydrogen (secondary N) is 2. The number of carbonyl (C=O) groups excluding carboxylic acids is 6. The molecule has 0 radical (unpaired) electrons. The average Bonchev–Trinajstić information content (AvgIpc) is 3.30. The summed E-state index contributed by atoms with van der Waals surface area (Å²) in [6.07, 6.45) is 1.21. The Labute approximate surface area is 263 Å². The minimum Gasteiger partial charge on any atom is -0.444 e. The third-order valence-corrected chi connectivity index (χ3v) is 7.19. The highest BCUT2D eigenvalue weighted by Gasteiger charge is 2.51.